The van der Waals surface area contributed by atoms with Crippen LogP contribution in [0.4, 0.5) is 0 Å². The highest BCUT2D eigenvalue weighted by Gasteiger charge is 2.06. The van der Waals surface area contributed by atoms with Crippen LogP contribution in [0.2, 0.25) is 0 Å². The van der Waals surface area contributed by atoms with Crippen molar-refractivity contribution in [1.82, 2.24) is 9.88 Å². The van der Waals surface area contributed by atoms with Gasteiger partial charge in [-0.2, -0.15) is 0 Å². The van der Waals surface area contributed by atoms with E-state index in [4.69, 9.17) is 0 Å². The number of ether oxygens (including phenoxy) is 1. The van der Waals surface area contributed by atoms with Gasteiger partial charge in [-0.1, -0.05) is 0 Å². The molecule has 0 aliphatic heterocycles. The van der Waals surface area contributed by atoms with E-state index in [9.17, 15) is 4.79 Å². The quantitative estimate of drug-likeness (QED) is 0.715. The van der Waals surface area contributed by atoms with Gasteiger partial charge in [-0.05, 0) is 14.0 Å². The number of thiazole rings is 1. The zero-order valence-corrected chi connectivity index (χ0v) is 10.1. The van der Waals surface area contributed by atoms with Crippen LogP contribution in [-0.4, -0.2) is 36.6 Å². The molecule has 1 heterocycles. The van der Waals surface area contributed by atoms with Crippen molar-refractivity contribution in [2.45, 2.75) is 19.9 Å². The molecule has 0 unspecified atom stereocenters. The number of hydrogen-bond donors (Lipinski definition) is 0. The van der Waals surface area contributed by atoms with Crippen molar-refractivity contribution in [3.8, 4) is 0 Å². The minimum absolute atomic E-state index is 0.165. The molecule has 0 aromatic carbocycles. The van der Waals surface area contributed by atoms with E-state index in [1.165, 1.54) is 12.0 Å². The Bertz CT molecular complexity index is 325. The van der Waals surface area contributed by atoms with E-state index in [1.807, 2.05) is 20.2 Å². The van der Waals surface area contributed by atoms with Gasteiger partial charge in [-0.15, -0.1) is 11.3 Å². The molecule has 0 atom stereocenters. The summed E-state index contributed by atoms with van der Waals surface area (Å²) in [6, 6.07) is 0. The van der Waals surface area contributed by atoms with Crippen molar-refractivity contribution in [2.24, 2.45) is 0 Å². The summed E-state index contributed by atoms with van der Waals surface area (Å²) in [5.74, 6) is -0.165. The number of methoxy groups -OCH3 is 1. The lowest BCUT2D eigenvalue weighted by Gasteiger charge is -2.13. The van der Waals surface area contributed by atoms with Crippen LogP contribution in [0, 0.1) is 6.92 Å². The van der Waals surface area contributed by atoms with Crippen LogP contribution in [0.25, 0.3) is 0 Å². The standard InChI is InChI=1S/C10H16N2O2S/c1-8-11-6-9(15-8)7-12(2)5-4-10(13)14-3/h6H,4-5,7H2,1-3H3. The SMILES string of the molecule is COC(=O)CCN(C)Cc1cnc(C)s1. The van der Waals surface area contributed by atoms with Gasteiger partial charge >= 0.3 is 5.97 Å². The Morgan fingerprint density at radius 3 is 2.93 bits per heavy atom. The normalized spacial score (nSPS) is 10.7. The van der Waals surface area contributed by atoms with Crippen molar-refractivity contribution in [3.63, 3.8) is 0 Å². The molecular formula is C10H16N2O2S. The largest absolute Gasteiger partial charge is 0.469 e. The van der Waals surface area contributed by atoms with Crippen LogP contribution >= 0.6 is 11.3 Å². The van der Waals surface area contributed by atoms with Gasteiger partial charge in [0.25, 0.3) is 0 Å². The molecule has 0 bridgehead atoms. The highest BCUT2D eigenvalue weighted by atomic mass is 32.1. The smallest absolute Gasteiger partial charge is 0.306 e. The van der Waals surface area contributed by atoms with E-state index in [-0.39, 0.29) is 5.97 Å². The number of nitrogens with zero attached hydrogens (tertiary/aromatic N) is 2. The number of esters is 1. The van der Waals surface area contributed by atoms with Gasteiger partial charge in [0.15, 0.2) is 0 Å². The second kappa shape index (κ2) is 5.82. The Kier molecular flexibility index (Phi) is 4.71. The third-order valence-electron chi connectivity index (χ3n) is 2.02. The van der Waals surface area contributed by atoms with E-state index >= 15 is 0 Å². The van der Waals surface area contributed by atoms with E-state index in [0.717, 1.165) is 11.6 Å². The first-order chi connectivity index (χ1) is 7.11. The lowest BCUT2D eigenvalue weighted by atomic mass is 10.4. The summed E-state index contributed by atoms with van der Waals surface area (Å²) >= 11 is 1.69. The first-order valence-electron chi connectivity index (χ1n) is 4.78. The average molecular weight is 228 g/mol. The summed E-state index contributed by atoms with van der Waals surface area (Å²) in [5, 5.41) is 1.08. The van der Waals surface area contributed by atoms with Crippen LogP contribution < -0.4 is 0 Å². The van der Waals surface area contributed by atoms with Gasteiger partial charge in [-0.3, -0.25) is 4.79 Å². The van der Waals surface area contributed by atoms with E-state index in [1.54, 1.807) is 11.3 Å². The lowest BCUT2D eigenvalue weighted by molar-refractivity contribution is -0.140. The molecule has 0 saturated carbocycles. The van der Waals surface area contributed by atoms with Crippen LogP contribution in [0.3, 0.4) is 0 Å². The fraction of sp³-hybridized carbons (Fsp3) is 0.600. The molecule has 5 heteroatoms. The Morgan fingerprint density at radius 2 is 2.40 bits per heavy atom. The molecule has 0 radical (unpaired) electrons. The predicted molar refractivity (Wildman–Crippen MR) is 59.8 cm³/mol. The Morgan fingerprint density at radius 1 is 1.67 bits per heavy atom. The van der Waals surface area contributed by atoms with Gasteiger partial charge in [-0.25, -0.2) is 4.98 Å². The number of carbonyl (C=O) groups excluding carboxylic acids is 1. The second-order valence-electron chi connectivity index (χ2n) is 3.41. The van der Waals surface area contributed by atoms with Gasteiger partial charge in [0.05, 0.1) is 18.5 Å². The minimum atomic E-state index is -0.165. The fourth-order valence-corrected chi connectivity index (χ4v) is 2.08. The summed E-state index contributed by atoms with van der Waals surface area (Å²) in [6.07, 6.45) is 2.32. The number of hydrogen-bond acceptors (Lipinski definition) is 5. The minimum Gasteiger partial charge on any atom is -0.469 e. The Balaban J connectivity index is 2.30. The average Bonchev–Trinajstić information content (AvgIpc) is 2.60. The summed E-state index contributed by atoms with van der Waals surface area (Å²) in [7, 11) is 3.40. The zero-order valence-electron chi connectivity index (χ0n) is 9.32. The summed E-state index contributed by atoms with van der Waals surface area (Å²) in [4.78, 5) is 18.4. The molecule has 15 heavy (non-hydrogen) atoms. The maximum absolute atomic E-state index is 10.9. The number of carbonyl (C=O) groups is 1. The van der Waals surface area contributed by atoms with E-state index in [2.05, 4.69) is 14.6 Å². The van der Waals surface area contributed by atoms with Crippen LogP contribution in [0.5, 0.6) is 0 Å². The van der Waals surface area contributed by atoms with Crippen molar-refractivity contribution in [3.05, 3.63) is 16.1 Å². The highest BCUT2D eigenvalue weighted by molar-refractivity contribution is 7.11. The number of aromatic nitrogens is 1. The molecule has 1 aromatic rings. The van der Waals surface area contributed by atoms with Crippen LogP contribution in [0.15, 0.2) is 6.20 Å². The fourth-order valence-electron chi connectivity index (χ4n) is 1.21. The molecule has 0 aliphatic rings. The second-order valence-corrected chi connectivity index (χ2v) is 4.73. The molecular weight excluding hydrogens is 212 g/mol. The summed E-state index contributed by atoms with van der Waals surface area (Å²) in [5.41, 5.74) is 0. The van der Waals surface area contributed by atoms with Crippen molar-refractivity contribution >= 4 is 17.3 Å². The monoisotopic (exact) mass is 228 g/mol. The van der Waals surface area contributed by atoms with Crippen molar-refractivity contribution < 1.29 is 9.53 Å². The van der Waals surface area contributed by atoms with E-state index in [0.29, 0.717) is 13.0 Å². The predicted octanol–water partition coefficient (Wildman–Crippen LogP) is 1.45. The molecule has 1 aromatic heterocycles. The zero-order chi connectivity index (χ0) is 11.3. The third kappa shape index (κ3) is 4.40. The molecule has 0 amide bonds. The maximum atomic E-state index is 10.9. The summed E-state index contributed by atoms with van der Waals surface area (Å²) < 4.78 is 4.58. The summed E-state index contributed by atoms with van der Waals surface area (Å²) in [6.45, 7) is 3.54. The van der Waals surface area contributed by atoms with Gasteiger partial charge in [0.1, 0.15) is 0 Å². The molecule has 84 valence electrons. The Labute approximate surface area is 93.9 Å². The van der Waals surface area contributed by atoms with Gasteiger partial charge < -0.3 is 9.64 Å². The van der Waals surface area contributed by atoms with Crippen LogP contribution in [-0.2, 0) is 16.1 Å². The number of rotatable bonds is 5. The topological polar surface area (TPSA) is 42.4 Å². The number of aryl methyl sites for hydroxylation is 1. The third-order valence-corrected chi connectivity index (χ3v) is 2.92. The first kappa shape index (κ1) is 12.1. The first-order valence-corrected chi connectivity index (χ1v) is 5.60. The lowest BCUT2D eigenvalue weighted by Crippen LogP contribution is -2.21. The van der Waals surface area contributed by atoms with Gasteiger partial charge in [0.2, 0.25) is 0 Å². The molecule has 4 nitrogen and oxygen atoms in total. The molecule has 0 saturated heterocycles. The van der Waals surface area contributed by atoms with Crippen LogP contribution in [0.1, 0.15) is 16.3 Å². The molecule has 1 rings (SSSR count). The molecule has 0 fully saturated rings. The molecule has 0 spiro atoms. The van der Waals surface area contributed by atoms with Crippen molar-refractivity contribution in [2.75, 3.05) is 20.7 Å². The molecule has 0 N–H and O–H groups in total. The van der Waals surface area contributed by atoms with Crippen molar-refractivity contribution in [1.29, 1.82) is 0 Å². The maximum Gasteiger partial charge on any atom is 0.306 e. The highest BCUT2D eigenvalue weighted by Crippen LogP contribution is 2.13. The molecule has 0 aliphatic carbocycles. The Hall–Kier alpha value is -0.940. The van der Waals surface area contributed by atoms with Gasteiger partial charge in [0, 0.05) is 24.2 Å². The van der Waals surface area contributed by atoms with E-state index < -0.39 is 0 Å².